The van der Waals surface area contributed by atoms with Crippen LogP contribution in [0.5, 0.6) is 11.5 Å². The number of hydrogen-bond acceptors (Lipinski definition) is 5. The number of hydroxylamine groups is 1. The van der Waals surface area contributed by atoms with E-state index in [4.69, 9.17) is 15.3 Å². The van der Waals surface area contributed by atoms with Gasteiger partial charge in [-0.2, -0.15) is 5.48 Å². The Morgan fingerprint density at radius 2 is 2.31 bits per heavy atom. The van der Waals surface area contributed by atoms with Crippen LogP contribution in [-0.4, -0.2) is 24.7 Å². The van der Waals surface area contributed by atoms with Crippen molar-refractivity contribution < 1.29 is 19.5 Å². The van der Waals surface area contributed by atoms with Crippen molar-refractivity contribution in [3.63, 3.8) is 0 Å². The van der Waals surface area contributed by atoms with E-state index in [-0.39, 0.29) is 12.4 Å². The predicted octanol–water partition coefficient (Wildman–Crippen LogP) is -0.0927. The zero-order valence-corrected chi connectivity index (χ0v) is 8.90. The standard InChI is InChI=1S/C10H14N2O4/c1-15-9-3-2-7(4-8(9)13)5-12-16-6-10(11)14/h2-4,12-13H,5-6H2,1H3,(H2,11,14). The van der Waals surface area contributed by atoms with Gasteiger partial charge in [0.15, 0.2) is 11.5 Å². The van der Waals surface area contributed by atoms with Gasteiger partial charge < -0.3 is 15.6 Å². The molecule has 0 saturated carbocycles. The summed E-state index contributed by atoms with van der Waals surface area (Å²) in [4.78, 5) is 15.1. The summed E-state index contributed by atoms with van der Waals surface area (Å²) in [6, 6.07) is 4.94. The predicted molar refractivity (Wildman–Crippen MR) is 56.6 cm³/mol. The van der Waals surface area contributed by atoms with E-state index in [0.29, 0.717) is 12.3 Å². The van der Waals surface area contributed by atoms with Gasteiger partial charge in [0.1, 0.15) is 6.61 Å². The first-order valence-electron chi connectivity index (χ1n) is 4.62. The van der Waals surface area contributed by atoms with Crippen LogP contribution in [0.1, 0.15) is 5.56 Å². The van der Waals surface area contributed by atoms with Crippen LogP contribution in [0.25, 0.3) is 0 Å². The molecule has 0 fully saturated rings. The minimum Gasteiger partial charge on any atom is -0.504 e. The zero-order valence-electron chi connectivity index (χ0n) is 8.90. The normalized spacial score (nSPS) is 10.1. The van der Waals surface area contributed by atoms with E-state index in [0.717, 1.165) is 5.56 Å². The lowest BCUT2D eigenvalue weighted by Crippen LogP contribution is -2.24. The molecular weight excluding hydrogens is 212 g/mol. The van der Waals surface area contributed by atoms with E-state index in [1.807, 2.05) is 0 Å². The topological polar surface area (TPSA) is 93.8 Å². The average molecular weight is 226 g/mol. The van der Waals surface area contributed by atoms with Crippen molar-refractivity contribution in [3.8, 4) is 11.5 Å². The fourth-order valence-electron chi connectivity index (χ4n) is 1.10. The molecule has 0 saturated heterocycles. The molecule has 0 bridgehead atoms. The largest absolute Gasteiger partial charge is 0.504 e. The molecule has 4 N–H and O–H groups in total. The number of phenols is 1. The number of primary amides is 1. The number of aromatic hydroxyl groups is 1. The molecular formula is C10H14N2O4. The zero-order chi connectivity index (χ0) is 12.0. The number of nitrogens with one attached hydrogen (secondary N) is 1. The molecule has 0 atom stereocenters. The number of methoxy groups -OCH3 is 1. The molecule has 1 rings (SSSR count). The molecule has 0 heterocycles. The lowest BCUT2D eigenvalue weighted by atomic mass is 10.2. The first-order valence-corrected chi connectivity index (χ1v) is 4.62. The van der Waals surface area contributed by atoms with Gasteiger partial charge in [-0.25, -0.2) is 0 Å². The Kier molecular flexibility index (Phi) is 4.56. The summed E-state index contributed by atoms with van der Waals surface area (Å²) in [5.41, 5.74) is 8.21. The Balaban J connectivity index is 2.43. The van der Waals surface area contributed by atoms with Gasteiger partial charge in [-0.1, -0.05) is 6.07 Å². The van der Waals surface area contributed by atoms with Crippen molar-refractivity contribution in [2.75, 3.05) is 13.7 Å². The SMILES string of the molecule is COc1ccc(CNOCC(N)=O)cc1O. The Labute approximate surface area is 92.9 Å². The van der Waals surface area contributed by atoms with Gasteiger partial charge in [0.05, 0.1) is 7.11 Å². The third-order valence-electron chi connectivity index (χ3n) is 1.84. The number of hydrogen-bond donors (Lipinski definition) is 3. The van der Waals surface area contributed by atoms with E-state index in [2.05, 4.69) is 5.48 Å². The molecule has 0 radical (unpaired) electrons. The lowest BCUT2D eigenvalue weighted by molar-refractivity contribution is -0.125. The summed E-state index contributed by atoms with van der Waals surface area (Å²) in [6.45, 7) is 0.160. The van der Waals surface area contributed by atoms with Gasteiger partial charge in [0, 0.05) is 6.54 Å². The fourth-order valence-corrected chi connectivity index (χ4v) is 1.10. The van der Waals surface area contributed by atoms with Crippen molar-refractivity contribution in [1.29, 1.82) is 0 Å². The smallest absolute Gasteiger partial charge is 0.245 e. The third kappa shape index (κ3) is 3.76. The molecule has 0 unspecified atom stereocenters. The highest BCUT2D eigenvalue weighted by atomic mass is 16.6. The first-order chi connectivity index (χ1) is 7.63. The summed E-state index contributed by atoms with van der Waals surface area (Å²) < 4.78 is 4.89. The Bertz CT molecular complexity index is 368. The van der Waals surface area contributed by atoms with Crippen molar-refractivity contribution >= 4 is 5.91 Å². The molecule has 88 valence electrons. The number of benzene rings is 1. The number of nitrogens with two attached hydrogens (primary N) is 1. The molecule has 1 amide bonds. The molecule has 6 nitrogen and oxygen atoms in total. The molecule has 0 aliphatic carbocycles. The molecule has 0 spiro atoms. The van der Waals surface area contributed by atoms with Crippen LogP contribution in [0.2, 0.25) is 0 Å². The summed E-state index contributed by atoms with van der Waals surface area (Å²) >= 11 is 0. The summed E-state index contributed by atoms with van der Waals surface area (Å²) in [6.07, 6.45) is 0. The number of rotatable bonds is 6. The summed E-state index contributed by atoms with van der Waals surface area (Å²) in [5, 5.41) is 9.47. The van der Waals surface area contributed by atoms with Crippen LogP contribution in [0.15, 0.2) is 18.2 Å². The number of carbonyl (C=O) groups is 1. The molecule has 6 heteroatoms. The van der Waals surface area contributed by atoms with Gasteiger partial charge in [0.2, 0.25) is 5.91 Å². The second-order valence-corrected chi connectivity index (χ2v) is 3.08. The van der Waals surface area contributed by atoms with Gasteiger partial charge in [-0.3, -0.25) is 9.63 Å². The summed E-state index contributed by atoms with van der Waals surface area (Å²) in [5.74, 6) is -0.0939. The number of carbonyl (C=O) groups excluding carboxylic acids is 1. The number of ether oxygens (including phenoxy) is 1. The van der Waals surface area contributed by atoms with Crippen molar-refractivity contribution in [3.05, 3.63) is 23.8 Å². The summed E-state index contributed by atoms with van der Waals surface area (Å²) in [7, 11) is 1.48. The minimum atomic E-state index is -0.551. The maximum atomic E-state index is 10.3. The lowest BCUT2D eigenvalue weighted by Gasteiger charge is -2.07. The maximum Gasteiger partial charge on any atom is 0.245 e. The Morgan fingerprint density at radius 1 is 1.56 bits per heavy atom. The quantitative estimate of drug-likeness (QED) is 0.465. The van der Waals surface area contributed by atoms with Crippen molar-refractivity contribution in [2.24, 2.45) is 5.73 Å². The first kappa shape index (κ1) is 12.3. The van der Waals surface area contributed by atoms with Gasteiger partial charge in [-0.15, -0.1) is 0 Å². The van der Waals surface area contributed by atoms with Crippen LogP contribution in [0.3, 0.4) is 0 Å². The van der Waals surface area contributed by atoms with E-state index in [9.17, 15) is 9.90 Å². The molecule has 16 heavy (non-hydrogen) atoms. The van der Waals surface area contributed by atoms with Crippen molar-refractivity contribution in [2.45, 2.75) is 6.54 Å². The van der Waals surface area contributed by atoms with Crippen LogP contribution < -0.4 is 16.0 Å². The number of phenolic OH excluding ortho intramolecular Hbond substituents is 1. The molecule has 0 aromatic heterocycles. The monoisotopic (exact) mass is 226 g/mol. The van der Waals surface area contributed by atoms with Crippen LogP contribution >= 0.6 is 0 Å². The Hall–Kier alpha value is -1.79. The maximum absolute atomic E-state index is 10.3. The van der Waals surface area contributed by atoms with Gasteiger partial charge in [0.25, 0.3) is 0 Å². The fraction of sp³-hybridized carbons (Fsp3) is 0.300. The third-order valence-corrected chi connectivity index (χ3v) is 1.84. The molecule has 0 aliphatic rings. The van der Waals surface area contributed by atoms with Crippen LogP contribution in [0, 0.1) is 0 Å². The highest BCUT2D eigenvalue weighted by molar-refractivity contribution is 5.74. The Morgan fingerprint density at radius 3 is 2.88 bits per heavy atom. The second kappa shape index (κ2) is 5.94. The minimum absolute atomic E-state index is 0.0525. The van der Waals surface area contributed by atoms with Crippen LogP contribution in [0.4, 0.5) is 0 Å². The van der Waals surface area contributed by atoms with Crippen LogP contribution in [-0.2, 0) is 16.2 Å². The van der Waals surface area contributed by atoms with E-state index < -0.39 is 5.91 Å². The van der Waals surface area contributed by atoms with E-state index >= 15 is 0 Å². The molecule has 0 aliphatic heterocycles. The highest BCUT2D eigenvalue weighted by Crippen LogP contribution is 2.25. The van der Waals surface area contributed by atoms with Gasteiger partial charge in [-0.05, 0) is 17.7 Å². The van der Waals surface area contributed by atoms with Gasteiger partial charge >= 0.3 is 0 Å². The van der Waals surface area contributed by atoms with E-state index in [1.165, 1.54) is 7.11 Å². The second-order valence-electron chi connectivity index (χ2n) is 3.08. The highest BCUT2D eigenvalue weighted by Gasteiger charge is 2.02. The average Bonchev–Trinajstić information content (AvgIpc) is 2.24. The van der Waals surface area contributed by atoms with E-state index in [1.54, 1.807) is 18.2 Å². The molecule has 1 aromatic rings. The number of amides is 1. The molecule has 1 aromatic carbocycles. The van der Waals surface area contributed by atoms with Crippen molar-refractivity contribution in [1.82, 2.24) is 5.48 Å².